The molecule has 1 aliphatic rings. The van der Waals surface area contributed by atoms with Crippen molar-refractivity contribution >= 4 is 12.1 Å². The zero-order valence-electron chi connectivity index (χ0n) is 11.1. The van der Waals surface area contributed by atoms with E-state index in [-0.39, 0.29) is 5.92 Å². The van der Waals surface area contributed by atoms with Crippen molar-refractivity contribution in [2.24, 2.45) is 11.3 Å². The highest BCUT2D eigenvalue weighted by molar-refractivity contribution is 5.84. The lowest BCUT2D eigenvalue weighted by Gasteiger charge is -2.33. The Morgan fingerprint density at radius 3 is 2.41 bits per heavy atom. The molecule has 0 aliphatic carbocycles. The van der Waals surface area contributed by atoms with E-state index in [0.29, 0.717) is 0 Å². The van der Waals surface area contributed by atoms with Crippen LogP contribution in [0, 0.1) is 11.3 Å². The zero-order valence-corrected chi connectivity index (χ0v) is 11.1. The van der Waals surface area contributed by atoms with Gasteiger partial charge < -0.3 is 9.84 Å². The molecular formula is C12H21NO4. The number of carboxylic acid groups (broad SMARTS) is 1. The molecule has 0 spiro atoms. The standard InChI is InChI=1S/C12H21NO4/c1-6-7(2)8-9(14)17-10(12(3,4)5)13(8)11(15)16/h7-8,10H,6H2,1-5H3,(H,15,16)/t7-,8+,10+/m0/s1. The van der Waals surface area contributed by atoms with Gasteiger partial charge in [-0.1, -0.05) is 41.0 Å². The molecule has 1 saturated heterocycles. The number of rotatable bonds is 2. The maximum absolute atomic E-state index is 11.8. The van der Waals surface area contributed by atoms with Gasteiger partial charge in [-0.05, 0) is 5.92 Å². The molecule has 0 unspecified atom stereocenters. The number of cyclic esters (lactones) is 1. The van der Waals surface area contributed by atoms with Gasteiger partial charge in [0.05, 0.1) is 0 Å². The second-order valence-electron chi connectivity index (χ2n) is 5.68. The first-order chi connectivity index (χ1) is 7.70. The molecule has 0 aromatic rings. The van der Waals surface area contributed by atoms with Gasteiger partial charge in [0.2, 0.25) is 0 Å². The van der Waals surface area contributed by atoms with Gasteiger partial charge in [0.1, 0.15) is 6.04 Å². The van der Waals surface area contributed by atoms with Crippen molar-refractivity contribution in [2.75, 3.05) is 0 Å². The van der Waals surface area contributed by atoms with Crippen molar-refractivity contribution in [2.45, 2.75) is 53.3 Å². The fourth-order valence-corrected chi connectivity index (χ4v) is 2.04. The van der Waals surface area contributed by atoms with Gasteiger partial charge in [0.25, 0.3) is 0 Å². The summed E-state index contributed by atoms with van der Waals surface area (Å²) in [6, 6.07) is -0.679. The summed E-state index contributed by atoms with van der Waals surface area (Å²) in [5.41, 5.74) is -0.420. The number of amides is 1. The van der Waals surface area contributed by atoms with Crippen LogP contribution in [-0.4, -0.2) is 34.3 Å². The van der Waals surface area contributed by atoms with Crippen molar-refractivity contribution in [3.05, 3.63) is 0 Å². The van der Waals surface area contributed by atoms with Crippen LogP contribution in [0.3, 0.4) is 0 Å². The summed E-state index contributed by atoms with van der Waals surface area (Å²) >= 11 is 0. The van der Waals surface area contributed by atoms with Gasteiger partial charge in [-0.2, -0.15) is 0 Å². The highest BCUT2D eigenvalue weighted by Crippen LogP contribution is 2.35. The number of ether oxygens (including phenoxy) is 1. The smallest absolute Gasteiger partial charge is 0.410 e. The number of esters is 1. The highest BCUT2D eigenvalue weighted by Gasteiger charge is 2.51. The van der Waals surface area contributed by atoms with Crippen LogP contribution in [0.2, 0.25) is 0 Å². The minimum Gasteiger partial charge on any atom is -0.465 e. The molecule has 3 atom stereocenters. The van der Waals surface area contributed by atoms with Crippen LogP contribution in [0.5, 0.6) is 0 Å². The lowest BCUT2D eigenvalue weighted by molar-refractivity contribution is -0.147. The molecule has 0 aromatic carbocycles. The van der Waals surface area contributed by atoms with E-state index in [9.17, 15) is 14.7 Å². The zero-order chi connectivity index (χ0) is 13.4. The first-order valence-corrected chi connectivity index (χ1v) is 5.92. The molecule has 0 aromatic heterocycles. The van der Waals surface area contributed by atoms with Gasteiger partial charge in [0.15, 0.2) is 6.23 Å². The van der Waals surface area contributed by atoms with E-state index < -0.39 is 29.7 Å². The van der Waals surface area contributed by atoms with Crippen LogP contribution in [0.15, 0.2) is 0 Å². The molecular weight excluding hydrogens is 222 g/mol. The SMILES string of the molecule is CC[C@H](C)[C@@H]1C(=O)O[C@H](C(C)(C)C)N1C(=O)O. The summed E-state index contributed by atoms with van der Waals surface area (Å²) in [7, 11) is 0. The molecule has 0 radical (unpaired) electrons. The maximum atomic E-state index is 11.8. The van der Waals surface area contributed by atoms with Crippen LogP contribution in [0.1, 0.15) is 41.0 Å². The number of hydrogen-bond donors (Lipinski definition) is 1. The van der Waals surface area contributed by atoms with E-state index in [4.69, 9.17) is 4.74 Å². The van der Waals surface area contributed by atoms with Crippen LogP contribution < -0.4 is 0 Å². The minimum absolute atomic E-state index is 0.0362. The predicted molar refractivity (Wildman–Crippen MR) is 62.4 cm³/mol. The predicted octanol–water partition coefficient (Wildman–Crippen LogP) is 2.31. The quantitative estimate of drug-likeness (QED) is 0.756. The topological polar surface area (TPSA) is 66.8 Å². The maximum Gasteiger partial charge on any atom is 0.410 e. The summed E-state index contributed by atoms with van der Waals surface area (Å²) in [4.78, 5) is 24.3. The van der Waals surface area contributed by atoms with Gasteiger partial charge in [0, 0.05) is 5.41 Å². The number of carbonyl (C=O) groups is 2. The van der Waals surface area contributed by atoms with Crippen molar-refractivity contribution in [3.63, 3.8) is 0 Å². The van der Waals surface area contributed by atoms with Gasteiger partial charge in [-0.25, -0.2) is 9.59 Å². The fraction of sp³-hybridized carbons (Fsp3) is 0.833. The van der Waals surface area contributed by atoms with Crippen LogP contribution in [0.4, 0.5) is 4.79 Å². The van der Waals surface area contributed by atoms with Gasteiger partial charge >= 0.3 is 12.1 Å². The molecule has 5 nitrogen and oxygen atoms in total. The lowest BCUT2D eigenvalue weighted by Crippen LogP contribution is -2.49. The Morgan fingerprint density at radius 1 is 1.53 bits per heavy atom. The second-order valence-corrected chi connectivity index (χ2v) is 5.68. The number of nitrogens with zero attached hydrogens (tertiary/aromatic N) is 1. The largest absolute Gasteiger partial charge is 0.465 e. The van der Waals surface area contributed by atoms with Crippen molar-refractivity contribution in [1.82, 2.24) is 4.90 Å². The second kappa shape index (κ2) is 4.55. The Kier molecular flexibility index (Phi) is 3.69. The summed E-state index contributed by atoms with van der Waals surface area (Å²) in [5.74, 6) is -0.465. The third-order valence-electron chi connectivity index (χ3n) is 3.17. The molecule has 1 rings (SSSR count). The molecule has 0 bridgehead atoms. The Hall–Kier alpha value is -1.26. The Labute approximate surface area is 102 Å². The molecule has 0 saturated carbocycles. The van der Waals surface area contributed by atoms with E-state index >= 15 is 0 Å². The molecule has 5 heteroatoms. The van der Waals surface area contributed by atoms with Crippen LogP contribution in [-0.2, 0) is 9.53 Å². The minimum atomic E-state index is -1.10. The Balaban J connectivity index is 3.07. The fourth-order valence-electron chi connectivity index (χ4n) is 2.04. The third-order valence-corrected chi connectivity index (χ3v) is 3.17. The monoisotopic (exact) mass is 243 g/mol. The summed E-state index contributed by atoms with van der Waals surface area (Å²) in [5, 5.41) is 9.27. The molecule has 1 aliphatic heterocycles. The molecule has 1 heterocycles. The summed E-state index contributed by atoms with van der Waals surface area (Å²) in [6.45, 7) is 9.38. The van der Waals surface area contributed by atoms with Crippen molar-refractivity contribution < 1.29 is 19.4 Å². The molecule has 98 valence electrons. The average Bonchev–Trinajstić information content (AvgIpc) is 2.54. The Morgan fingerprint density at radius 2 is 2.06 bits per heavy atom. The Bertz CT molecular complexity index is 321. The molecule has 1 amide bonds. The average molecular weight is 243 g/mol. The summed E-state index contributed by atoms with van der Waals surface area (Å²) < 4.78 is 5.24. The van der Waals surface area contributed by atoms with Crippen LogP contribution in [0.25, 0.3) is 0 Å². The van der Waals surface area contributed by atoms with Crippen LogP contribution >= 0.6 is 0 Å². The van der Waals surface area contributed by atoms with E-state index in [2.05, 4.69) is 0 Å². The van der Waals surface area contributed by atoms with E-state index in [0.717, 1.165) is 11.3 Å². The van der Waals surface area contributed by atoms with Crippen molar-refractivity contribution in [1.29, 1.82) is 0 Å². The van der Waals surface area contributed by atoms with Gasteiger partial charge in [-0.3, -0.25) is 4.90 Å². The first-order valence-electron chi connectivity index (χ1n) is 5.92. The first kappa shape index (κ1) is 13.8. The van der Waals surface area contributed by atoms with Crippen molar-refractivity contribution in [3.8, 4) is 0 Å². The van der Waals surface area contributed by atoms with E-state index in [1.807, 2.05) is 34.6 Å². The normalized spacial score (nSPS) is 26.9. The number of carbonyl (C=O) groups excluding carboxylic acids is 1. The molecule has 1 fully saturated rings. The van der Waals surface area contributed by atoms with Gasteiger partial charge in [-0.15, -0.1) is 0 Å². The third kappa shape index (κ3) is 2.53. The highest BCUT2D eigenvalue weighted by atomic mass is 16.6. The molecule has 1 N–H and O–H groups in total. The summed E-state index contributed by atoms with van der Waals surface area (Å²) in [6.07, 6.45) is -1.06. The van der Waals surface area contributed by atoms with E-state index in [1.54, 1.807) is 0 Å². The van der Waals surface area contributed by atoms with E-state index in [1.165, 1.54) is 0 Å². The molecule has 17 heavy (non-hydrogen) atoms. The number of hydrogen-bond acceptors (Lipinski definition) is 3. The lowest BCUT2D eigenvalue weighted by atomic mass is 9.92.